The average Bonchev–Trinajstić information content (AvgIpc) is 2.82. The van der Waals surface area contributed by atoms with Crippen LogP contribution in [-0.2, 0) is 26.1 Å². The van der Waals surface area contributed by atoms with Crippen LogP contribution in [0.1, 0.15) is 30.8 Å². The molecule has 1 N–H and O–H groups in total. The number of aromatic nitrogens is 1. The summed E-state index contributed by atoms with van der Waals surface area (Å²) in [5.74, 6) is 0. The molecule has 0 fully saturated rings. The summed E-state index contributed by atoms with van der Waals surface area (Å²) >= 11 is 0. The summed E-state index contributed by atoms with van der Waals surface area (Å²) in [5, 5.41) is 3.51. The van der Waals surface area contributed by atoms with Crippen molar-refractivity contribution in [1.29, 1.82) is 0 Å². The highest BCUT2D eigenvalue weighted by Crippen LogP contribution is 2.10. The number of nitrogens with one attached hydrogen (secondary N) is 1. The molecule has 1 aromatic heterocycles. The molecule has 2 aromatic rings. The van der Waals surface area contributed by atoms with Gasteiger partial charge in [0.1, 0.15) is 0 Å². The second-order valence-electron chi connectivity index (χ2n) is 4.50. The van der Waals surface area contributed by atoms with Crippen LogP contribution >= 0.6 is 0 Å². The lowest BCUT2D eigenvalue weighted by Gasteiger charge is -2.11. The molecular formula is C16H22N2. The molecule has 1 aromatic carbocycles. The van der Waals surface area contributed by atoms with Crippen molar-refractivity contribution in [3.8, 4) is 0 Å². The van der Waals surface area contributed by atoms with Crippen LogP contribution in [0.3, 0.4) is 0 Å². The number of rotatable bonds is 6. The molecule has 2 rings (SSSR count). The lowest BCUT2D eigenvalue weighted by molar-refractivity contribution is 0.614. The van der Waals surface area contributed by atoms with E-state index in [2.05, 4.69) is 66.2 Å². The summed E-state index contributed by atoms with van der Waals surface area (Å²) in [6.07, 6.45) is 1.10. The van der Waals surface area contributed by atoms with Crippen LogP contribution in [0, 0.1) is 0 Å². The van der Waals surface area contributed by atoms with Crippen molar-refractivity contribution in [1.82, 2.24) is 9.88 Å². The molecule has 1 heterocycles. The van der Waals surface area contributed by atoms with E-state index in [1.807, 2.05) is 0 Å². The second kappa shape index (κ2) is 6.41. The number of hydrogen-bond acceptors (Lipinski definition) is 1. The molecule has 0 amide bonds. The quantitative estimate of drug-likeness (QED) is 0.822. The topological polar surface area (TPSA) is 17.0 Å². The monoisotopic (exact) mass is 242 g/mol. The van der Waals surface area contributed by atoms with E-state index in [4.69, 9.17) is 0 Å². The molecule has 2 heteroatoms. The molecule has 2 nitrogen and oxygen atoms in total. The third-order valence-corrected chi connectivity index (χ3v) is 3.32. The van der Waals surface area contributed by atoms with Gasteiger partial charge in [-0.05, 0) is 31.0 Å². The van der Waals surface area contributed by atoms with Crippen molar-refractivity contribution in [3.05, 3.63) is 59.4 Å². The van der Waals surface area contributed by atoms with Crippen LogP contribution in [0.2, 0.25) is 0 Å². The van der Waals surface area contributed by atoms with E-state index in [0.717, 1.165) is 26.1 Å². The summed E-state index contributed by atoms with van der Waals surface area (Å²) in [6, 6.07) is 15.0. The maximum Gasteiger partial charge on any atom is 0.0362 e. The Hall–Kier alpha value is -1.54. The molecule has 0 saturated carbocycles. The molecule has 0 radical (unpaired) electrons. The third kappa shape index (κ3) is 3.02. The first kappa shape index (κ1) is 12.9. The van der Waals surface area contributed by atoms with Crippen LogP contribution in [0.5, 0.6) is 0 Å². The second-order valence-corrected chi connectivity index (χ2v) is 4.50. The van der Waals surface area contributed by atoms with Gasteiger partial charge in [0.25, 0.3) is 0 Å². The first-order valence-electron chi connectivity index (χ1n) is 6.77. The summed E-state index contributed by atoms with van der Waals surface area (Å²) in [6.45, 7) is 7.33. The zero-order valence-electron chi connectivity index (χ0n) is 11.3. The van der Waals surface area contributed by atoms with E-state index < -0.39 is 0 Å². The Morgan fingerprint density at radius 2 is 1.61 bits per heavy atom. The molecule has 0 atom stereocenters. The molecule has 96 valence electrons. The van der Waals surface area contributed by atoms with E-state index in [1.54, 1.807) is 0 Å². The molecule has 18 heavy (non-hydrogen) atoms. The van der Waals surface area contributed by atoms with Gasteiger partial charge in [0.15, 0.2) is 0 Å². The van der Waals surface area contributed by atoms with Gasteiger partial charge in [-0.2, -0.15) is 0 Å². The Kier molecular flexibility index (Phi) is 4.59. The minimum Gasteiger partial charge on any atom is -0.348 e. The highest BCUT2D eigenvalue weighted by Gasteiger charge is 2.04. The zero-order chi connectivity index (χ0) is 12.8. The number of aryl methyl sites for hydroxylation is 1. The molecule has 0 aliphatic rings. The van der Waals surface area contributed by atoms with Crippen molar-refractivity contribution in [2.24, 2.45) is 0 Å². The van der Waals surface area contributed by atoms with Gasteiger partial charge in [0, 0.05) is 31.0 Å². The largest absolute Gasteiger partial charge is 0.348 e. The van der Waals surface area contributed by atoms with E-state index in [9.17, 15) is 0 Å². The van der Waals surface area contributed by atoms with Crippen molar-refractivity contribution in [2.75, 3.05) is 0 Å². The molecule has 0 spiro atoms. The molecule has 0 unspecified atom stereocenters. The summed E-state index contributed by atoms with van der Waals surface area (Å²) in [7, 11) is 0. The van der Waals surface area contributed by atoms with E-state index in [1.165, 1.54) is 17.0 Å². The molecule has 0 saturated heterocycles. The maximum atomic E-state index is 3.51. The van der Waals surface area contributed by atoms with Crippen LogP contribution in [0.25, 0.3) is 0 Å². The molecule has 0 aliphatic heterocycles. The molecule has 0 bridgehead atoms. The SMILES string of the molecule is CCc1ccc(CNCc2ccccc2)n1CC. The third-order valence-electron chi connectivity index (χ3n) is 3.32. The summed E-state index contributed by atoms with van der Waals surface area (Å²) < 4.78 is 2.40. The first-order chi connectivity index (χ1) is 8.85. The minimum atomic E-state index is 0.928. The highest BCUT2D eigenvalue weighted by atomic mass is 15.0. The lowest BCUT2D eigenvalue weighted by atomic mass is 10.2. The van der Waals surface area contributed by atoms with Gasteiger partial charge in [-0.15, -0.1) is 0 Å². The first-order valence-corrected chi connectivity index (χ1v) is 6.77. The van der Waals surface area contributed by atoms with Gasteiger partial charge in [0.2, 0.25) is 0 Å². The molecule has 0 aliphatic carbocycles. The lowest BCUT2D eigenvalue weighted by Crippen LogP contribution is -2.16. The van der Waals surface area contributed by atoms with Gasteiger partial charge in [-0.1, -0.05) is 37.3 Å². The van der Waals surface area contributed by atoms with E-state index >= 15 is 0 Å². The standard InChI is InChI=1S/C16H22N2/c1-3-15-10-11-16(18(15)4-2)13-17-12-14-8-6-5-7-9-14/h5-11,17H,3-4,12-13H2,1-2H3. The van der Waals surface area contributed by atoms with Gasteiger partial charge < -0.3 is 9.88 Å². The Bertz CT molecular complexity index is 471. The zero-order valence-corrected chi connectivity index (χ0v) is 11.3. The van der Waals surface area contributed by atoms with Crippen LogP contribution in [0.15, 0.2) is 42.5 Å². The van der Waals surface area contributed by atoms with Crippen LogP contribution in [-0.4, -0.2) is 4.57 Å². The normalized spacial score (nSPS) is 10.8. The van der Waals surface area contributed by atoms with Gasteiger partial charge >= 0.3 is 0 Å². The predicted molar refractivity (Wildman–Crippen MR) is 76.5 cm³/mol. The number of benzene rings is 1. The van der Waals surface area contributed by atoms with Gasteiger partial charge in [0.05, 0.1) is 0 Å². The fourth-order valence-electron chi connectivity index (χ4n) is 2.36. The van der Waals surface area contributed by atoms with E-state index in [0.29, 0.717) is 0 Å². The Balaban J connectivity index is 1.92. The maximum absolute atomic E-state index is 3.51. The van der Waals surface area contributed by atoms with Crippen LogP contribution < -0.4 is 5.32 Å². The smallest absolute Gasteiger partial charge is 0.0362 e. The molecular weight excluding hydrogens is 220 g/mol. The fourth-order valence-corrected chi connectivity index (χ4v) is 2.36. The van der Waals surface area contributed by atoms with Crippen molar-refractivity contribution in [2.45, 2.75) is 39.9 Å². The fraction of sp³-hybridized carbons (Fsp3) is 0.375. The van der Waals surface area contributed by atoms with Crippen molar-refractivity contribution >= 4 is 0 Å². The summed E-state index contributed by atoms with van der Waals surface area (Å²) in [5.41, 5.74) is 4.14. The van der Waals surface area contributed by atoms with Crippen molar-refractivity contribution < 1.29 is 0 Å². The summed E-state index contributed by atoms with van der Waals surface area (Å²) in [4.78, 5) is 0. The number of hydrogen-bond donors (Lipinski definition) is 1. The van der Waals surface area contributed by atoms with Gasteiger partial charge in [-0.3, -0.25) is 0 Å². The Morgan fingerprint density at radius 3 is 2.28 bits per heavy atom. The average molecular weight is 242 g/mol. The van der Waals surface area contributed by atoms with E-state index in [-0.39, 0.29) is 0 Å². The van der Waals surface area contributed by atoms with Crippen molar-refractivity contribution in [3.63, 3.8) is 0 Å². The highest BCUT2D eigenvalue weighted by molar-refractivity contribution is 5.17. The van der Waals surface area contributed by atoms with Crippen LogP contribution in [0.4, 0.5) is 0 Å². The van der Waals surface area contributed by atoms with Gasteiger partial charge in [-0.25, -0.2) is 0 Å². The predicted octanol–water partition coefficient (Wildman–Crippen LogP) is 3.36. The Labute approximate surface area is 110 Å². The number of nitrogens with zero attached hydrogens (tertiary/aromatic N) is 1. The minimum absolute atomic E-state index is 0.928. The Morgan fingerprint density at radius 1 is 0.889 bits per heavy atom.